The number of ketones is 1. The molecule has 0 heterocycles. The van der Waals surface area contributed by atoms with Crippen molar-refractivity contribution in [3.8, 4) is 5.75 Å². The third-order valence-electron chi connectivity index (χ3n) is 3.03. The maximum absolute atomic E-state index is 13.6. The molecule has 1 amide bonds. The quantitative estimate of drug-likeness (QED) is 0.738. The van der Waals surface area contributed by atoms with Crippen LogP contribution < -0.4 is 10.1 Å². The largest absolute Gasteiger partial charge is 0.494 e. The summed E-state index contributed by atoms with van der Waals surface area (Å²) in [5, 5.41) is 2.52. The number of hydrogen-bond donors (Lipinski definition) is 1. The Morgan fingerprint density at radius 2 is 2.05 bits per heavy atom. The van der Waals surface area contributed by atoms with Gasteiger partial charge in [0.2, 0.25) is 5.91 Å². The average molecular weight is 296 g/mol. The second kappa shape index (κ2) is 8.36. The number of methoxy groups -OCH3 is 1. The van der Waals surface area contributed by atoms with Crippen molar-refractivity contribution < 1.29 is 18.7 Å². The monoisotopic (exact) mass is 296 g/mol. The van der Waals surface area contributed by atoms with Crippen LogP contribution in [-0.4, -0.2) is 50.4 Å². The third-order valence-corrected chi connectivity index (χ3v) is 3.03. The number of nitrogens with one attached hydrogen (secondary N) is 1. The van der Waals surface area contributed by atoms with Crippen molar-refractivity contribution >= 4 is 11.7 Å². The first-order valence-electron chi connectivity index (χ1n) is 6.81. The van der Waals surface area contributed by atoms with E-state index in [9.17, 15) is 14.0 Å². The maximum atomic E-state index is 13.6. The van der Waals surface area contributed by atoms with Gasteiger partial charge in [-0.05, 0) is 31.2 Å². The highest BCUT2D eigenvalue weighted by Crippen LogP contribution is 2.18. The number of hydrogen-bond acceptors (Lipinski definition) is 4. The highest BCUT2D eigenvalue weighted by molar-refractivity contribution is 5.98. The maximum Gasteiger partial charge on any atom is 0.233 e. The summed E-state index contributed by atoms with van der Waals surface area (Å²) in [6, 6.07) is 4.10. The molecule has 0 unspecified atom stereocenters. The molecule has 6 heteroatoms. The molecule has 0 fully saturated rings. The lowest BCUT2D eigenvalue weighted by molar-refractivity contribution is -0.121. The normalized spacial score (nSPS) is 10.5. The molecule has 0 aromatic heterocycles. The van der Waals surface area contributed by atoms with Gasteiger partial charge in [0.25, 0.3) is 0 Å². The Kier molecular flexibility index (Phi) is 6.81. The smallest absolute Gasteiger partial charge is 0.233 e. The van der Waals surface area contributed by atoms with E-state index in [1.807, 2.05) is 6.92 Å². The van der Waals surface area contributed by atoms with Gasteiger partial charge in [-0.1, -0.05) is 6.92 Å². The number of Topliss-reactive ketones (excluding diaryl/α,β-unsaturated/α-hetero) is 1. The minimum Gasteiger partial charge on any atom is -0.494 e. The molecule has 0 aliphatic heterocycles. The summed E-state index contributed by atoms with van der Waals surface area (Å²) in [5.74, 6) is -0.856. The fourth-order valence-electron chi connectivity index (χ4n) is 1.95. The Hall–Kier alpha value is -1.95. The van der Waals surface area contributed by atoms with E-state index in [0.29, 0.717) is 6.54 Å². The van der Waals surface area contributed by atoms with Crippen molar-refractivity contribution in [3.05, 3.63) is 29.6 Å². The van der Waals surface area contributed by atoms with E-state index < -0.39 is 5.82 Å². The molecule has 1 aromatic carbocycles. The van der Waals surface area contributed by atoms with Crippen molar-refractivity contribution in [2.75, 3.05) is 33.8 Å². The zero-order valence-corrected chi connectivity index (χ0v) is 12.6. The molecule has 1 rings (SSSR count). The summed E-state index contributed by atoms with van der Waals surface area (Å²) in [6.07, 6.45) is 0.821. The van der Waals surface area contributed by atoms with Crippen LogP contribution >= 0.6 is 0 Å². The van der Waals surface area contributed by atoms with Crippen molar-refractivity contribution in [1.29, 1.82) is 0 Å². The van der Waals surface area contributed by atoms with Crippen LogP contribution in [0.1, 0.15) is 23.7 Å². The number of halogens is 1. The van der Waals surface area contributed by atoms with Gasteiger partial charge in [0.15, 0.2) is 17.3 Å². The molecule has 0 aliphatic carbocycles. The first-order chi connectivity index (χ1) is 10.0. The second-order valence-corrected chi connectivity index (χ2v) is 4.66. The van der Waals surface area contributed by atoms with Gasteiger partial charge in [-0.2, -0.15) is 0 Å². The molecule has 0 saturated heterocycles. The number of likely N-dealkylation sites (N-methyl/N-ethyl adjacent to an activating group) is 1. The molecule has 0 bridgehead atoms. The first kappa shape index (κ1) is 17.1. The van der Waals surface area contributed by atoms with Gasteiger partial charge in [0.1, 0.15) is 0 Å². The van der Waals surface area contributed by atoms with Crippen molar-refractivity contribution in [2.45, 2.75) is 13.3 Å². The van der Waals surface area contributed by atoms with Crippen LogP contribution in [0.4, 0.5) is 4.39 Å². The highest BCUT2D eigenvalue weighted by atomic mass is 19.1. The predicted molar refractivity (Wildman–Crippen MR) is 78.1 cm³/mol. The molecule has 5 nitrogen and oxygen atoms in total. The Balaban J connectivity index is 2.76. The van der Waals surface area contributed by atoms with E-state index in [1.54, 1.807) is 11.9 Å². The average Bonchev–Trinajstić information content (AvgIpc) is 2.47. The Morgan fingerprint density at radius 3 is 2.57 bits per heavy atom. The molecular formula is C15H21FN2O3. The van der Waals surface area contributed by atoms with Crippen LogP contribution in [0.15, 0.2) is 18.2 Å². The number of nitrogens with zero attached hydrogens (tertiary/aromatic N) is 1. The summed E-state index contributed by atoms with van der Waals surface area (Å²) in [5.41, 5.74) is 0.270. The molecular weight excluding hydrogens is 275 g/mol. The number of amides is 1. The topological polar surface area (TPSA) is 58.6 Å². The van der Waals surface area contributed by atoms with Crippen LogP contribution in [0.25, 0.3) is 0 Å². The van der Waals surface area contributed by atoms with Gasteiger partial charge in [-0.15, -0.1) is 0 Å². The minimum absolute atomic E-state index is 0.0764. The van der Waals surface area contributed by atoms with Gasteiger partial charge >= 0.3 is 0 Å². The Labute approximate surface area is 124 Å². The van der Waals surface area contributed by atoms with Crippen LogP contribution in [0.2, 0.25) is 0 Å². The SMILES string of the molecule is CCCN(CC(=O)NC)CC(=O)c1ccc(OC)c(F)c1. The number of ether oxygens (including phenoxy) is 1. The Morgan fingerprint density at radius 1 is 1.33 bits per heavy atom. The standard InChI is InChI=1S/C15H21FN2O3/c1-4-7-18(10-15(20)17-2)9-13(19)11-5-6-14(21-3)12(16)8-11/h5-6,8H,4,7,9-10H2,1-3H3,(H,17,20). The molecule has 0 atom stereocenters. The van der Waals surface area contributed by atoms with E-state index >= 15 is 0 Å². The highest BCUT2D eigenvalue weighted by Gasteiger charge is 2.16. The summed E-state index contributed by atoms with van der Waals surface area (Å²) >= 11 is 0. The summed E-state index contributed by atoms with van der Waals surface area (Å²) < 4.78 is 18.4. The van der Waals surface area contributed by atoms with Gasteiger partial charge in [0, 0.05) is 12.6 Å². The molecule has 21 heavy (non-hydrogen) atoms. The molecule has 0 radical (unpaired) electrons. The van der Waals surface area contributed by atoms with E-state index in [4.69, 9.17) is 4.74 Å². The van der Waals surface area contributed by atoms with Crippen molar-refractivity contribution in [3.63, 3.8) is 0 Å². The van der Waals surface area contributed by atoms with E-state index in [2.05, 4.69) is 5.32 Å². The van der Waals surface area contributed by atoms with E-state index in [1.165, 1.54) is 19.2 Å². The van der Waals surface area contributed by atoms with Gasteiger partial charge < -0.3 is 10.1 Å². The van der Waals surface area contributed by atoms with E-state index in [0.717, 1.165) is 12.5 Å². The summed E-state index contributed by atoms with van der Waals surface area (Å²) in [7, 11) is 2.92. The van der Waals surface area contributed by atoms with Crippen molar-refractivity contribution in [2.24, 2.45) is 0 Å². The first-order valence-corrected chi connectivity index (χ1v) is 6.81. The predicted octanol–water partition coefficient (Wildman–Crippen LogP) is 1.47. The fraction of sp³-hybridized carbons (Fsp3) is 0.467. The molecule has 1 N–H and O–H groups in total. The lowest BCUT2D eigenvalue weighted by atomic mass is 10.1. The lowest BCUT2D eigenvalue weighted by Crippen LogP contribution is -2.39. The van der Waals surface area contributed by atoms with Gasteiger partial charge in [0.05, 0.1) is 20.2 Å². The van der Waals surface area contributed by atoms with Gasteiger partial charge in [-0.25, -0.2) is 4.39 Å². The summed E-state index contributed by atoms with van der Waals surface area (Å²) in [4.78, 5) is 25.3. The van der Waals surface area contributed by atoms with Crippen LogP contribution in [0.5, 0.6) is 5.75 Å². The zero-order chi connectivity index (χ0) is 15.8. The molecule has 0 spiro atoms. The number of carbonyl (C=O) groups is 2. The van der Waals surface area contributed by atoms with Crippen LogP contribution in [-0.2, 0) is 4.79 Å². The molecule has 116 valence electrons. The molecule has 0 saturated carbocycles. The van der Waals surface area contributed by atoms with Crippen molar-refractivity contribution in [1.82, 2.24) is 10.2 Å². The van der Waals surface area contributed by atoms with Crippen LogP contribution in [0, 0.1) is 5.82 Å². The molecule has 1 aromatic rings. The fourth-order valence-corrected chi connectivity index (χ4v) is 1.95. The van der Waals surface area contributed by atoms with Crippen LogP contribution in [0.3, 0.4) is 0 Å². The van der Waals surface area contributed by atoms with E-state index in [-0.39, 0.29) is 36.1 Å². The zero-order valence-electron chi connectivity index (χ0n) is 12.6. The number of benzene rings is 1. The summed E-state index contributed by atoms with van der Waals surface area (Å²) in [6.45, 7) is 2.81. The lowest BCUT2D eigenvalue weighted by Gasteiger charge is -2.19. The number of rotatable bonds is 8. The third kappa shape index (κ3) is 5.15. The minimum atomic E-state index is -0.573. The second-order valence-electron chi connectivity index (χ2n) is 4.66. The van der Waals surface area contributed by atoms with Gasteiger partial charge in [-0.3, -0.25) is 14.5 Å². The Bertz CT molecular complexity index is 506. The molecule has 0 aliphatic rings. The number of carbonyl (C=O) groups excluding carboxylic acids is 2.